The molecule has 2 N–H and O–H groups in total. The molecule has 4 aliphatic rings. The van der Waals surface area contributed by atoms with Gasteiger partial charge >= 0.3 is 5.97 Å². The normalized spacial score (nSPS) is 29.0. The monoisotopic (exact) mass is 601 g/mol. The second-order valence-corrected chi connectivity index (χ2v) is 16.6. The maximum absolute atomic E-state index is 14.5. The molecule has 0 unspecified atom stereocenters. The molecule has 1 aromatic rings. The number of nitrogens with zero attached hydrogens (tertiary/aromatic N) is 3. The molecule has 3 saturated heterocycles. The van der Waals surface area contributed by atoms with Crippen LogP contribution >= 0.6 is 0 Å². The molecule has 0 saturated carbocycles. The molecule has 0 aromatic heterocycles. The van der Waals surface area contributed by atoms with E-state index in [0.717, 1.165) is 12.8 Å². The van der Waals surface area contributed by atoms with Crippen LogP contribution in [0.25, 0.3) is 0 Å². The SMILES string of the molecule is COC(=O)CCCCN1C(=O)[C@]2(O[C@H](CC(=O)N3CCC[C@H]3CO)[C@@H]([Si](C)(C)O)[C@@H]2C)c2cc(N3CCC3=O)ccc21. The molecule has 3 fully saturated rings. The van der Waals surface area contributed by atoms with Gasteiger partial charge in [-0.1, -0.05) is 6.92 Å². The van der Waals surface area contributed by atoms with Gasteiger partial charge in [-0.15, -0.1) is 0 Å². The second kappa shape index (κ2) is 11.7. The second-order valence-electron chi connectivity index (χ2n) is 12.6. The summed E-state index contributed by atoms with van der Waals surface area (Å²) < 4.78 is 11.6. The van der Waals surface area contributed by atoms with E-state index in [1.165, 1.54) is 7.11 Å². The number of unbranched alkanes of at least 4 members (excludes halogenated alkanes) is 1. The molecule has 0 radical (unpaired) electrons. The van der Waals surface area contributed by atoms with Gasteiger partial charge in [0.15, 0.2) is 13.9 Å². The molecule has 5 rings (SSSR count). The van der Waals surface area contributed by atoms with Crippen molar-refractivity contribution >= 4 is 43.4 Å². The summed E-state index contributed by atoms with van der Waals surface area (Å²) in [5.74, 6) is -1.12. The summed E-state index contributed by atoms with van der Waals surface area (Å²) in [6, 6.07) is 5.33. The van der Waals surface area contributed by atoms with Crippen molar-refractivity contribution in [2.24, 2.45) is 5.92 Å². The lowest BCUT2D eigenvalue weighted by Crippen LogP contribution is -2.46. The number of ether oxygens (including phenoxy) is 2. The van der Waals surface area contributed by atoms with Crippen LogP contribution in [0.1, 0.15) is 57.4 Å². The topological polar surface area (TPSA) is 137 Å². The first-order chi connectivity index (χ1) is 19.9. The average Bonchev–Trinajstić information content (AvgIpc) is 3.60. The quantitative estimate of drug-likeness (QED) is 0.180. The molecule has 1 aromatic carbocycles. The maximum atomic E-state index is 14.5. The Hall–Kier alpha value is -2.80. The van der Waals surface area contributed by atoms with Crippen molar-refractivity contribution < 1.29 is 38.6 Å². The van der Waals surface area contributed by atoms with Crippen molar-refractivity contribution in [2.75, 3.05) is 43.2 Å². The largest absolute Gasteiger partial charge is 0.469 e. The zero-order chi connectivity index (χ0) is 30.4. The third kappa shape index (κ3) is 5.16. The van der Waals surface area contributed by atoms with Crippen molar-refractivity contribution in [3.8, 4) is 0 Å². The minimum absolute atomic E-state index is 0.0102. The number of benzene rings is 1. The number of methoxy groups -OCH3 is 1. The highest BCUT2D eigenvalue weighted by Gasteiger charge is 2.66. The summed E-state index contributed by atoms with van der Waals surface area (Å²) in [6.45, 7) is 7.00. The number of carbonyl (C=O) groups is 4. The number of hydrogen-bond donors (Lipinski definition) is 2. The minimum atomic E-state index is -2.97. The Balaban J connectivity index is 1.50. The predicted octanol–water partition coefficient (Wildman–Crippen LogP) is 2.28. The summed E-state index contributed by atoms with van der Waals surface area (Å²) in [4.78, 5) is 68.6. The molecular weight excluding hydrogens is 558 g/mol. The van der Waals surface area contributed by atoms with Crippen LogP contribution in [0.2, 0.25) is 18.6 Å². The summed E-state index contributed by atoms with van der Waals surface area (Å²) in [6.07, 6.45) is 2.73. The Morgan fingerprint density at radius 2 is 1.95 bits per heavy atom. The van der Waals surface area contributed by atoms with Crippen molar-refractivity contribution in [2.45, 2.75) is 88.3 Å². The number of rotatable bonds is 10. The van der Waals surface area contributed by atoms with Crippen molar-refractivity contribution in [1.82, 2.24) is 4.90 Å². The molecular formula is C30H43N3O8Si. The van der Waals surface area contributed by atoms with E-state index in [-0.39, 0.29) is 49.2 Å². The number of β-lactam (4-membered cyclic amide) rings is 1. The first-order valence-electron chi connectivity index (χ1n) is 15.1. The van der Waals surface area contributed by atoms with Gasteiger partial charge < -0.3 is 34.1 Å². The smallest absolute Gasteiger partial charge is 0.305 e. The van der Waals surface area contributed by atoms with Gasteiger partial charge in [-0.2, -0.15) is 0 Å². The number of carbonyl (C=O) groups excluding carboxylic acids is 4. The van der Waals surface area contributed by atoms with E-state index >= 15 is 0 Å². The van der Waals surface area contributed by atoms with Crippen LogP contribution in [0.5, 0.6) is 0 Å². The van der Waals surface area contributed by atoms with Gasteiger partial charge in [0.2, 0.25) is 11.8 Å². The van der Waals surface area contributed by atoms with E-state index in [9.17, 15) is 29.1 Å². The van der Waals surface area contributed by atoms with Crippen LogP contribution in [0, 0.1) is 5.92 Å². The molecule has 4 heterocycles. The van der Waals surface area contributed by atoms with Crippen LogP contribution in [0.15, 0.2) is 18.2 Å². The molecule has 230 valence electrons. The van der Waals surface area contributed by atoms with Gasteiger partial charge in [-0.3, -0.25) is 19.2 Å². The molecule has 12 heteroatoms. The van der Waals surface area contributed by atoms with Gasteiger partial charge in [-0.25, -0.2) is 0 Å². The van der Waals surface area contributed by atoms with E-state index < -0.39 is 31.5 Å². The zero-order valence-corrected chi connectivity index (χ0v) is 26.0. The number of anilines is 2. The molecule has 0 bridgehead atoms. The number of esters is 1. The Bertz CT molecular complexity index is 1250. The van der Waals surface area contributed by atoms with Gasteiger partial charge in [-0.05, 0) is 57.0 Å². The van der Waals surface area contributed by atoms with Crippen LogP contribution in [0.3, 0.4) is 0 Å². The lowest BCUT2D eigenvalue weighted by atomic mass is 9.82. The van der Waals surface area contributed by atoms with Gasteiger partial charge in [0.05, 0.1) is 38.0 Å². The van der Waals surface area contributed by atoms with E-state index in [4.69, 9.17) is 9.47 Å². The molecule has 11 nitrogen and oxygen atoms in total. The maximum Gasteiger partial charge on any atom is 0.305 e. The van der Waals surface area contributed by atoms with Crippen LogP contribution in [-0.2, 0) is 34.3 Å². The summed E-state index contributed by atoms with van der Waals surface area (Å²) >= 11 is 0. The zero-order valence-electron chi connectivity index (χ0n) is 25.0. The van der Waals surface area contributed by atoms with Crippen molar-refractivity contribution in [3.05, 3.63) is 23.8 Å². The highest BCUT2D eigenvalue weighted by atomic mass is 28.4. The third-order valence-electron chi connectivity index (χ3n) is 9.65. The van der Waals surface area contributed by atoms with Crippen molar-refractivity contribution in [1.29, 1.82) is 0 Å². The highest BCUT2D eigenvalue weighted by molar-refractivity contribution is 6.71. The summed E-state index contributed by atoms with van der Waals surface area (Å²) in [5.41, 5.74) is 0.190. The van der Waals surface area contributed by atoms with Crippen LogP contribution < -0.4 is 9.80 Å². The lowest BCUT2D eigenvalue weighted by Gasteiger charge is -2.34. The van der Waals surface area contributed by atoms with Gasteiger partial charge in [0, 0.05) is 55.2 Å². The summed E-state index contributed by atoms with van der Waals surface area (Å²) in [5, 5.41) is 9.80. The van der Waals surface area contributed by atoms with E-state index in [0.29, 0.717) is 55.8 Å². The van der Waals surface area contributed by atoms with Gasteiger partial charge in [0.1, 0.15) is 0 Å². The standard InChI is InChI=1S/C30H43N3O8Si/c1-19-28(42(3,4)39)24(17-26(36)31-14-7-8-21(31)18-34)41-30(19)22-16-20(32-15-12-25(32)35)10-11-23(22)33(29(30)38)13-6-5-9-27(37)40-2/h10-11,16,19,21,24,28,34,39H,5-9,12-15,17-18H2,1-4H3/t19-,21-,24+,28-,30+/m0/s1. The molecule has 5 atom stereocenters. The van der Waals surface area contributed by atoms with Crippen molar-refractivity contribution in [3.63, 3.8) is 0 Å². The first-order valence-corrected chi connectivity index (χ1v) is 18.1. The van der Waals surface area contributed by atoms with E-state index in [1.54, 1.807) is 14.7 Å². The minimum Gasteiger partial charge on any atom is -0.469 e. The number of hydrogen-bond acceptors (Lipinski definition) is 8. The average molecular weight is 602 g/mol. The number of fused-ring (bicyclic) bond motifs is 2. The Kier molecular flexibility index (Phi) is 8.54. The predicted molar refractivity (Wildman–Crippen MR) is 157 cm³/mol. The van der Waals surface area contributed by atoms with E-state index in [2.05, 4.69) is 0 Å². The number of likely N-dealkylation sites (tertiary alicyclic amines) is 1. The Morgan fingerprint density at radius 3 is 2.57 bits per heavy atom. The highest BCUT2D eigenvalue weighted by Crippen LogP contribution is 2.60. The number of aliphatic hydroxyl groups excluding tert-OH is 1. The molecule has 42 heavy (non-hydrogen) atoms. The lowest BCUT2D eigenvalue weighted by molar-refractivity contribution is -0.150. The van der Waals surface area contributed by atoms with Crippen LogP contribution in [-0.4, -0.2) is 92.3 Å². The van der Waals surface area contributed by atoms with Crippen LogP contribution in [0.4, 0.5) is 11.4 Å². The van der Waals surface area contributed by atoms with E-state index in [1.807, 2.05) is 38.2 Å². The first kappa shape index (κ1) is 30.6. The fourth-order valence-electron chi connectivity index (χ4n) is 7.53. The molecule has 1 spiro atoms. The van der Waals surface area contributed by atoms with Gasteiger partial charge in [0.25, 0.3) is 5.91 Å². The summed E-state index contributed by atoms with van der Waals surface area (Å²) in [7, 11) is -1.62. The Morgan fingerprint density at radius 1 is 1.19 bits per heavy atom. The third-order valence-corrected chi connectivity index (χ3v) is 12.2. The fraction of sp³-hybridized carbons (Fsp3) is 0.667. The Labute approximate surface area is 247 Å². The fourth-order valence-corrected chi connectivity index (χ4v) is 10.1. The molecule has 0 aliphatic carbocycles. The molecule has 3 amide bonds. The number of aliphatic hydroxyl groups is 1. The molecule has 4 aliphatic heterocycles. The number of amides is 3.